The van der Waals surface area contributed by atoms with Gasteiger partial charge in [0.15, 0.2) is 5.82 Å². The molecule has 2 aromatic heterocycles. The Balaban J connectivity index is 1.85. The number of aromatic nitrogens is 4. The average Bonchev–Trinajstić information content (AvgIpc) is 2.98. The Morgan fingerprint density at radius 3 is 2.88 bits per heavy atom. The van der Waals surface area contributed by atoms with E-state index in [0.29, 0.717) is 17.0 Å². The van der Waals surface area contributed by atoms with Gasteiger partial charge in [0.1, 0.15) is 11.3 Å². The Kier molecular flexibility index (Phi) is 4.97. The predicted molar refractivity (Wildman–Crippen MR) is 94.0 cm³/mol. The number of fused-ring (bicyclic) bond motifs is 1. The standard InChI is InChI=1S/C16H22BN5O4/c1-16(2,3)26-15(23)19-11-5-4-6-12-14(11)20-21-22(12)13-9-10(17(24)25)7-8-18-13/h7-9,11,24-25H,4-6H2,1-3H3,(H,19,23). The summed E-state index contributed by atoms with van der Waals surface area (Å²) in [4.78, 5) is 16.3. The van der Waals surface area contributed by atoms with Gasteiger partial charge in [-0.05, 0) is 57.6 Å². The highest BCUT2D eigenvalue weighted by Crippen LogP contribution is 2.29. The molecule has 1 aliphatic rings. The molecule has 0 radical (unpaired) electrons. The van der Waals surface area contributed by atoms with Crippen LogP contribution in [0.2, 0.25) is 0 Å². The fraction of sp³-hybridized carbons (Fsp3) is 0.500. The lowest BCUT2D eigenvalue weighted by atomic mass is 9.81. The summed E-state index contributed by atoms with van der Waals surface area (Å²) in [6.07, 6.45) is 3.32. The monoisotopic (exact) mass is 359 g/mol. The molecule has 3 N–H and O–H groups in total. The lowest BCUT2D eigenvalue weighted by Crippen LogP contribution is -2.36. The minimum absolute atomic E-state index is 0.283. The van der Waals surface area contributed by atoms with Crippen molar-refractivity contribution in [3.05, 3.63) is 29.7 Å². The van der Waals surface area contributed by atoms with Crippen LogP contribution in [0.4, 0.5) is 4.79 Å². The summed E-state index contributed by atoms with van der Waals surface area (Å²) >= 11 is 0. The maximum absolute atomic E-state index is 12.1. The third kappa shape index (κ3) is 4.02. The molecule has 26 heavy (non-hydrogen) atoms. The van der Waals surface area contributed by atoms with Gasteiger partial charge in [0.05, 0.1) is 11.7 Å². The third-order valence-corrected chi connectivity index (χ3v) is 4.01. The van der Waals surface area contributed by atoms with Crippen molar-refractivity contribution < 1.29 is 19.6 Å². The number of amides is 1. The number of carbonyl (C=O) groups is 1. The van der Waals surface area contributed by atoms with Gasteiger partial charge in [0.25, 0.3) is 0 Å². The molecule has 0 aromatic carbocycles. The number of ether oxygens (including phenoxy) is 1. The van der Waals surface area contributed by atoms with Crippen LogP contribution in [0.5, 0.6) is 0 Å². The number of pyridine rings is 1. The van der Waals surface area contributed by atoms with Gasteiger partial charge in [-0.15, -0.1) is 5.10 Å². The summed E-state index contributed by atoms with van der Waals surface area (Å²) in [6, 6.07) is 2.78. The molecule has 3 rings (SSSR count). The zero-order valence-electron chi connectivity index (χ0n) is 15.0. The molecule has 0 aliphatic heterocycles. The second-order valence-corrected chi connectivity index (χ2v) is 7.25. The molecule has 0 saturated carbocycles. The highest BCUT2D eigenvalue weighted by atomic mass is 16.6. The number of nitrogens with zero attached hydrogens (tertiary/aromatic N) is 4. The normalized spacial score (nSPS) is 16.7. The fourth-order valence-electron chi connectivity index (χ4n) is 2.91. The molecular weight excluding hydrogens is 337 g/mol. The SMILES string of the molecule is CC(C)(C)OC(=O)NC1CCCc2c1nnn2-c1cc(B(O)O)ccn1. The summed E-state index contributed by atoms with van der Waals surface area (Å²) in [5.74, 6) is 0.447. The van der Waals surface area contributed by atoms with Gasteiger partial charge in [0, 0.05) is 6.20 Å². The first-order valence-electron chi connectivity index (χ1n) is 8.51. The Bertz CT molecular complexity index is 802. The molecule has 9 nitrogen and oxygen atoms in total. The van der Waals surface area contributed by atoms with Gasteiger partial charge in [0.2, 0.25) is 0 Å². The smallest absolute Gasteiger partial charge is 0.444 e. The number of hydrogen-bond acceptors (Lipinski definition) is 7. The lowest BCUT2D eigenvalue weighted by Gasteiger charge is -2.25. The van der Waals surface area contributed by atoms with Crippen LogP contribution in [0.15, 0.2) is 18.3 Å². The van der Waals surface area contributed by atoms with E-state index in [-0.39, 0.29) is 6.04 Å². The first-order valence-corrected chi connectivity index (χ1v) is 8.51. The molecule has 0 spiro atoms. The van der Waals surface area contributed by atoms with E-state index in [9.17, 15) is 14.8 Å². The highest BCUT2D eigenvalue weighted by Gasteiger charge is 2.29. The molecule has 0 saturated heterocycles. The first kappa shape index (κ1) is 18.3. The number of hydrogen-bond donors (Lipinski definition) is 3. The molecule has 1 atom stereocenters. The van der Waals surface area contributed by atoms with Gasteiger partial charge >= 0.3 is 13.2 Å². The fourth-order valence-corrected chi connectivity index (χ4v) is 2.91. The average molecular weight is 359 g/mol. The second-order valence-electron chi connectivity index (χ2n) is 7.25. The van der Waals surface area contributed by atoms with E-state index >= 15 is 0 Å². The van der Waals surface area contributed by atoms with E-state index in [1.165, 1.54) is 12.3 Å². The van der Waals surface area contributed by atoms with Crippen molar-refractivity contribution in [3.8, 4) is 5.82 Å². The van der Waals surface area contributed by atoms with Crippen LogP contribution < -0.4 is 10.8 Å². The number of alkyl carbamates (subject to hydrolysis) is 1. The maximum Gasteiger partial charge on any atom is 0.488 e. The van der Waals surface area contributed by atoms with Crippen LogP contribution in [0.25, 0.3) is 5.82 Å². The lowest BCUT2D eigenvalue weighted by molar-refractivity contribution is 0.0497. The molecule has 1 aliphatic carbocycles. The predicted octanol–water partition coefficient (Wildman–Crippen LogP) is 0.244. The van der Waals surface area contributed by atoms with Gasteiger partial charge < -0.3 is 20.1 Å². The van der Waals surface area contributed by atoms with Crippen LogP contribution in [0.3, 0.4) is 0 Å². The Morgan fingerprint density at radius 2 is 2.19 bits per heavy atom. The van der Waals surface area contributed by atoms with Crippen LogP contribution in [-0.2, 0) is 11.2 Å². The summed E-state index contributed by atoms with van der Waals surface area (Å²) in [5, 5.41) is 29.9. The molecular formula is C16H22BN5O4. The zero-order valence-corrected chi connectivity index (χ0v) is 15.0. The highest BCUT2D eigenvalue weighted by molar-refractivity contribution is 6.58. The molecule has 1 unspecified atom stereocenters. The van der Waals surface area contributed by atoms with Crippen LogP contribution >= 0.6 is 0 Å². The zero-order chi connectivity index (χ0) is 18.9. The first-order chi connectivity index (χ1) is 12.2. The van der Waals surface area contributed by atoms with E-state index in [2.05, 4.69) is 20.6 Å². The largest absolute Gasteiger partial charge is 0.488 e. The third-order valence-electron chi connectivity index (χ3n) is 4.01. The van der Waals surface area contributed by atoms with E-state index in [1.54, 1.807) is 10.7 Å². The van der Waals surface area contributed by atoms with Crippen molar-refractivity contribution in [2.75, 3.05) is 0 Å². The topological polar surface area (TPSA) is 122 Å². The molecule has 1 amide bonds. The Labute approximate surface area is 151 Å². The van der Waals surface area contributed by atoms with Gasteiger partial charge in [-0.1, -0.05) is 5.21 Å². The summed E-state index contributed by atoms with van der Waals surface area (Å²) < 4.78 is 6.89. The van der Waals surface area contributed by atoms with Gasteiger partial charge in [-0.2, -0.15) is 4.68 Å². The van der Waals surface area contributed by atoms with Crippen LogP contribution in [-0.4, -0.2) is 48.8 Å². The molecule has 0 bridgehead atoms. The number of carbonyl (C=O) groups excluding carboxylic acids is 1. The quantitative estimate of drug-likeness (QED) is 0.671. The number of nitrogens with one attached hydrogen (secondary N) is 1. The molecule has 2 aromatic rings. The van der Waals surface area contributed by atoms with Crippen molar-refractivity contribution in [1.29, 1.82) is 0 Å². The molecule has 0 fully saturated rings. The molecule has 2 heterocycles. The minimum Gasteiger partial charge on any atom is -0.444 e. The van der Waals surface area contributed by atoms with Crippen molar-refractivity contribution >= 4 is 18.7 Å². The van der Waals surface area contributed by atoms with E-state index in [0.717, 1.165) is 25.0 Å². The summed E-state index contributed by atoms with van der Waals surface area (Å²) in [5.41, 5.74) is 1.26. The summed E-state index contributed by atoms with van der Waals surface area (Å²) in [7, 11) is -1.59. The van der Waals surface area contributed by atoms with Crippen molar-refractivity contribution in [1.82, 2.24) is 25.3 Å². The van der Waals surface area contributed by atoms with Crippen molar-refractivity contribution in [2.45, 2.75) is 51.7 Å². The van der Waals surface area contributed by atoms with E-state index in [4.69, 9.17) is 4.74 Å². The minimum atomic E-state index is -1.59. The summed E-state index contributed by atoms with van der Waals surface area (Å²) in [6.45, 7) is 5.43. The maximum atomic E-state index is 12.1. The van der Waals surface area contributed by atoms with E-state index < -0.39 is 18.8 Å². The Morgan fingerprint density at radius 1 is 1.42 bits per heavy atom. The van der Waals surface area contributed by atoms with Gasteiger partial charge in [-0.3, -0.25) is 0 Å². The van der Waals surface area contributed by atoms with Crippen molar-refractivity contribution in [2.24, 2.45) is 0 Å². The molecule has 10 heteroatoms. The van der Waals surface area contributed by atoms with Crippen LogP contribution in [0.1, 0.15) is 51.0 Å². The van der Waals surface area contributed by atoms with Crippen molar-refractivity contribution in [3.63, 3.8) is 0 Å². The second kappa shape index (κ2) is 7.04. The number of rotatable bonds is 3. The van der Waals surface area contributed by atoms with Gasteiger partial charge in [-0.25, -0.2) is 9.78 Å². The molecule has 138 valence electrons. The van der Waals surface area contributed by atoms with E-state index in [1.807, 2.05) is 20.8 Å². The van der Waals surface area contributed by atoms with Crippen LogP contribution in [0, 0.1) is 0 Å². The Hall–Kier alpha value is -2.46.